The molecule has 0 aromatic heterocycles. The third-order valence-electron chi connectivity index (χ3n) is 4.74. The van der Waals surface area contributed by atoms with Gasteiger partial charge in [0.2, 0.25) is 0 Å². The first-order valence-corrected chi connectivity index (χ1v) is 9.11. The summed E-state index contributed by atoms with van der Waals surface area (Å²) in [5.41, 5.74) is 1.32. The molecule has 1 aliphatic rings. The number of phenols is 1. The molecule has 1 atom stereocenters. The number of nitrogens with one attached hydrogen (secondary N) is 1. The minimum atomic E-state index is -0.331. The topological polar surface area (TPSA) is 61.8 Å². The fraction of sp³-hybridized carbons (Fsp3) is 0.350. The van der Waals surface area contributed by atoms with Crippen LogP contribution in [0.5, 0.6) is 11.5 Å². The van der Waals surface area contributed by atoms with E-state index in [1.165, 1.54) is 12.1 Å². The van der Waals surface area contributed by atoms with Gasteiger partial charge < -0.3 is 15.2 Å². The molecule has 0 spiro atoms. The fourth-order valence-electron chi connectivity index (χ4n) is 3.31. The molecule has 2 N–H and O–H groups in total. The van der Waals surface area contributed by atoms with Gasteiger partial charge in [0.1, 0.15) is 11.5 Å². The average Bonchev–Trinajstić information content (AvgIpc) is 3.18. The highest BCUT2D eigenvalue weighted by Gasteiger charge is 2.24. The number of hydrogen-bond donors (Lipinski definition) is 2. The van der Waals surface area contributed by atoms with Crippen LogP contribution in [0.4, 0.5) is 0 Å². The summed E-state index contributed by atoms with van der Waals surface area (Å²) >= 11 is 5.94. The second-order valence-corrected chi connectivity index (χ2v) is 6.84. The number of ether oxygens (including phenoxy) is 1. The van der Waals surface area contributed by atoms with E-state index >= 15 is 0 Å². The molecule has 0 saturated carbocycles. The molecule has 3 rings (SSSR count). The minimum absolute atomic E-state index is 0.0749. The van der Waals surface area contributed by atoms with E-state index in [4.69, 9.17) is 16.3 Å². The van der Waals surface area contributed by atoms with Crippen LogP contribution in [0.25, 0.3) is 0 Å². The molecular weight excluding hydrogens is 352 g/mol. The smallest absolute Gasteiger partial charge is 0.255 e. The van der Waals surface area contributed by atoms with Crippen LogP contribution in [-0.4, -0.2) is 42.7 Å². The normalized spacial score (nSPS) is 15.6. The zero-order valence-electron chi connectivity index (χ0n) is 14.7. The number of carbonyl (C=O) groups is 1. The standard InChI is InChI=1S/C20H23ClN2O3/c1-26-16-7-4-14(5-8-16)18(23-10-2-3-11-23)13-22-20(25)17-12-15(21)6-9-19(17)24/h4-9,12,18,24H,2-3,10-11,13H2,1H3,(H,22,25). The predicted molar refractivity (Wildman–Crippen MR) is 102 cm³/mol. The molecule has 1 amide bonds. The van der Waals surface area contributed by atoms with Gasteiger partial charge in [-0.1, -0.05) is 23.7 Å². The van der Waals surface area contributed by atoms with Crippen molar-refractivity contribution >= 4 is 17.5 Å². The van der Waals surface area contributed by atoms with Crippen LogP contribution in [0.3, 0.4) is 0 Å². The molecule has 2 aromatic carbocycles. The lowest BCUT2D eigenvalue weighted by Crippen LogP contribution is -2.36. The Hall–Kier alpha value is -2.24. The number of likely N-dealkylation sites (tertiary alicyclic amines) is 1. The summed E-state index contributed by atoms with van der Waals surface area (Å²) in [6.07, 6.45) is 2.32. The van der Waals surface area contributed by atoms with Gasteiger partial charge in [-0.2, -0.15) is 0 Å². The van der Waals surface area contributed by atoms with Crippen molar-refractivity contribution < 1.29 is 14.6 Å². The van der Waals surface area contributed by atoms with E-state index in [1.807, 2.05) is 24.3 Å². The van der Waals surface area contributed by atoms with Crippen molar-refractivity contribution in [2.24, 2.45) is 0 Å². The van der Waals surface area contributed by atoms with Gasteiger partial charge in [-0.25, -0.2) is 0 Å². The molecule has 138 valence electrons. The number of nitrogens with zero attached hydrogens (tertiary/aromatic N) is 1. The Labute approximate surface area is 158 Å². The Morgan fingerprint density at radius 1 is 1.23 bits per heavy atom. The van der Waals surface area contributed by atoms with Crippen LogP contribution in [0.2, 0.25) is 5.02 Å². The number of methoxy groups -OCH3 is 1. The number of benzene rings is 2. The van der Waals surface area contributed by atoms with Crippen molar-refractivity contribution in [2.45, 2.75) is 18.9 Å². The van der Waals surface area contributed by atoms with Crippen molar-refractivity contribution in [2.75, 3.05) is 26.7 Å². The van der Waals surface area contributed by atoms with Crippen molar-refractivity contribution in [1.29, 1.82) is 0 Å². The molecule has 1 unspecified atom stereocenters. The van der Waals surface area contributed by atoms with Crippen LogP contribution >= 0.6 is 11.6 Å². The summed E-state index contributed by atoms with van der Waals surface area (Å²) in [4.78, 5) is 14.9. The number of phenolic OH excluding ortho intramolecular Hbond substituents is 1. The van der Waals surface area contributed by atoms with Crippen LogP contribution in [0.1, 0.15) is 34.8 Å². The summed E-state index contributed by atoms with van der Waals surface area (Å²) in [7, 11) is 1.64. The van der Waals surface area contributed by atoms with E-state index in [9.17, 15) is 9.90 Å². The van der Waals surface area contributed by atoms with E-state index in [0.29, 0.717) is 11.6 Å². The molecule has 6 heteroatoms. The Bertz CT molecular complexity index is 758. The van der Waals surface area contributed by atoms with Crippen molar-refractivity contribution in [1.82, 2.24) is 10.2 Å². The van der Waals surface area contributed by atoms with Gasteiger partial charge in [0.25, 0.3) is 5.91 Å². The third kappa shape index (κ3) is 4.29. The second kappa shape index (κ2) is 8.43. The van der Waals surface area contributed by atoms with Gasteiger partial charge in [-0.15, -0.1) is 0 Å². The lowest BCUT2D eigenvalue weighted by Gasteiger charge is -2.28. The zero-order chi connectivity index (χ0) is 18.5. The summed E-state index contributed by atoms with van der Waals surface area (Å²) in [5.74, 6) is 0.401. The molecule has 1 saturated heterocycles. The van der Waals surface area contributed by atoms with Gasteiger partial charge in [0, 0.05) is 11.6 Å². The first-order valence-electron chi connectivity index (χ1n) is 8.73. The van der Waals surface area contributed by atoms with Gasteiger partial charge in [-0.3, -0.25) is 9.69 Å². The maximum absolute atomic E-state index is 12.5. The highest BCUT2D eigenvalue weighted by molar-refractivity contribution is 6.31. The lowest BCUT2D eigenvalue weighted by molar-refractivity contribution is 0.0935. The Kier molecular flexibility index (Phi) is 6.01. The lowest BCUT2D eigenvalue weighted by atomic mass is 10.0. The molecule has 0 aliphatic carbocycles. The Morgan fingerprint density at radius 2 is 1.92 bits per heavy atom. The number of hydrogen-bond acceptors (Lipinski definition) is 4. The van der Waals surface area contributed by atoms with E-state index in [2.05, 4.69) is 10.2 Å². The zero-order valence-corrected chi connectivity index (χ0v) is 15.5. The first kappa shape index (κ1) is 18.5. The quantitative estimate of drug-likeness (QED) is 0.810. The van der Waals surface area contributed by atoms with Gasteiger partial charge in [-0.05, 0) is 61.8 Å². The number of rotatable bonds is 6. The van der Waals surface area contributed by atoms with Crippen molar-refractivity contribution in [3.63, 3.8) is 0 Å². The number of amides is 1. The molecule has 1 heterocycles. The van der Waals surface area contributed by atoms with Gasteiger partial charge in [0.15, 0.2) is 0 Å². The monoisotopic (exact) mass is 374 g/mol. The number of carbonyl (C=O) groups excluding carboxylic acids is 1. The maximum atomic E-state index is 12.5. The molecule has 1 aliphatic heterocycles. The minimum Gasteiger partial charge on any atom is -0.507 e. The van der Waals surface area contributed by atoms with Crippen LogP contribution < -0.4 is 10.1 Å². The van der Waals surface area contributed by atoms with E-state index < -0.39 is 0 Å². The Balaban J connectivity index is 1.75. The summed E-state index contributed by atoms with van der Waals surface area (Å²) in [5, 5.41) is 13.3. The SMILES string of the molecule is COc1ccc(C(CNC(=O)c2cc(Cl)ccc2O)N2CCCC2)cc1. The average molecular weight is 375 g/mol. The van der Waals surface area contributed by atoms with Crippen molar-refractivity contribution in [3.05, 3.63) is 58.6 Å². The molecular formula is C20H23ClN2O3. The molecule has 26 heavy (non-hydrogen) atoms. The molecule has 1 fully saturated rings. The highest BCUT2D eigenvalue weighted by atomic mass is 35.5. The third-order valence-corrected chi connectivity index (χ3v) is 4.98. The summed E-state index contributed by atoms with van der Waals surface area (Å²) in [6, 6.07) is 12.5. The number of aromatic hydroxyl groups is 1. The first-order chi connectivity index (χ1) is 12.6. The van der Waals surface area contributed by atoms with Crippen LogP contribution in [-0.2, 0) is 0 Å². The fourth-order valence-corrected chi connectivity index (χ4v) is 3.48. The van der Waals surface area contributed by atoms with Crippen LogP contribution in [0, 0.1) is 0 Å². The predicted octanol–water partition coefficient (Wildman–Crippen LogP) is 3.62. The maximum Gasteiger partial charge on any atom is 0.255 e. The van der Waals surface area contributed by atoms with E-state index in [0.717, 1.165) is 37.2 Å². The van der Waals surface area contributed by atoms with Crippen molar-refractivity contribution in [3.8, 4) is 11.5 Å². The molecule has 5 nitrogen and oxygen atoms in total. The van der Waals surface area contributed by atoms with Gasteiger partial charge >= 0.3 is 0 Å². The van der Waals surface area contributed by atoms with E-state index in [-0.39, 0.29) is 23.3 Å². The largest absolute Gasteiger partial charge is 0.507 e. The summed E-state index contributed by atoms with van der Waals surface area (Å²) in [6.45, 7) is 2.47. The Morgan fingerprint density at radius 3 is 2.58 bits per heavy atom. The second-order valence-electron chi connectivity index (χ2n) is 6.40. The molecule has 2 aromatic rings. The van der Waals surface area contributed by atoms with E-state index in [1.54, 1.807) is 13.2 Å². The highest BCUT2D eigenvalue weighted by Crippen LogP contribution is 2.27. The summed E-state index contributed by atoms with van der Waals surface area (Å²) < 4.78 is 5.23. The van der Waals surface area contributed by atoms with Gasteiger partial charge in [0.05, 0.1) is 18.7 Å². The molecule has 0 radical (unpaired) electrons. The molecule has 0 bridgehead atoms. The number of halogens is 1. The van der Waals surface area contributed by atoms with Crippen LogP contribution in [0.15, 0.2) is 42.5 Å².